The highest BCUT2D eigenvalue weighted by Crippen LogP contribution is 2.20. The molecule has 3 aromatic rings. The van der Waals surface area contributed by atoms with Crippen LogP contribution in [0, 0.1) is 0 Å². The zero-order chi connectivity index (χ0) is 15.5. The summed E-state index contributed by atoms with van der Waals surface area (Å²) in [5.74, 6) is 0.877. The number of H-pyrrole nitrogens is 2. The third-order valence-corrected chi connectivity index (χ3v) is 3.23. The van der Waals surface area contributed by atoms with Crippen molar-refractivity contribution >= 4 is 5.91 Å². The quantitative estimate of drug-likeness (QED) is 0.683. The van der Waals surface area contributed by atoms with Crippen LogP contribution >= 0.6 is 0 Å². The van der Waals surface area contributed by atoms with Crippen LogP contribution in [-0.2, 0) is 0 Å². The molecule has 0 spiro atoms. The van der Waals surface area contributed by atoms with Gasteiger partial charge in [-0.2, -0.15) is 5.10 Å². The number of amides is 1. The van der Waals surface area contributed by atoms with E-state index in [-0.39, 0.29) is 5.91 Å². The van der Waals surface area contributed by atoms with Crippen LogP contribution in [0.2, 0.25) is 0 Å². The number of hydrogen-bond donors (Lipinski definition) is 3. The van der Waals surface area contributed by atoms with Crippen molar-refractivity contribution in [2.24, 2.45) is 0 Å². The summed E-state index contributed by atoms with van der Waals surface area (Å²) in [6.07, 6.45) is 1.60. The van der Waals surface area contributed by atoms with E-state index in [1.54, 1.807) is 25.3 Å². The first-order valence-electron chi connectivity index (χ1n) is 6.73. The van der Waals surface area contributed by atoms with Gasteiger partial charge in [-0.15, -0.1) is 0 Å². The number of carbonyl (C=O) groups excluding carboxylic acids is 1. The largest absolute Gasteiger partial charge is 0.464 e. The molecule has 1 unspecified atom stereocenters. The molecule has 3 N–H and O–H groups in total. The van der Waals surface area contributed by atoms with E-state index in [9.17, 15) is 9.59 Å². The summed E-state index contributed by atoms with van der Waals surface area (Å²) in [4.78, 5) is 25.7. The average Bonchev–Trinajstić information content (AvgIpc) is 3.18. The van der Waals surface area contributed by atoms with Crippen molar-refractivity contribution in [3.8, 4) is 11.3 Å². The van der Waals surface area contributed by atoms with Crippen LogP contribution in [0.3, 0.4) is 0 Å². The van der Waals surface area contributed by atoms with E-state index in [0.29, 0.717) is 11.4 Å². The number of nitrogens with zero attached hydrogens (tertiary/aromatic N) is 1. The standard InChI is InChI=1S/C15H14N4O3/c1-9(13-17-15(21)19-18-13)16-14(20)11-6-4-10(5-7-11)12-3-2-8-22-12/h2-9H,1H3,(H,16,20)(H2,17,18,19,21). The number of carbonyl (C=O) groups is 1. The minimum absolute atomic E-state index is 0.248. The lowest BCUT2D eigenvalue weighted by molar-refractivity contribution is 0.0938. The summed E-state index contributed by atoms with van der Waals surface area (Å²) in [5.41, 5.74) is 1.00. The van der Waals surface area contributed by atoms with Gasteiger partial charge < -0.3 is 9.73 Å². The number of hydrogen-bond acceptors (Lipinski definition) is 4. The average molecular weight is 298 g/mol. The zero-order valence-corrected chi connectivity index (χ0v) is 11.8. The fourth-order valence-electron chi connectivity index (χ4n) is 2.07. The van der Waals surface area contributed by atoms with Crippen LogP contribution in [0.25, 0.3) is 11.3 Å². The maximum Gasteiger partial charge on any atom is 0.340 e. The SMILES string of the molecule is CC(NC(=O)c1ccc(-c2ccco2)cc1)c1n[nH]c(=O)[nH]1. The van der Waals surface area contributed by atoms with Gasteiger partial charge >= 0.3 is 5.69 Å². The maximum absolute atomic E-state index is 12.2. The second-order valence-electron chi connectivity index (χ2n) is 4.81. The predicted octanol–water partition coefficient (Wildman–Crippen LogP) is 1.85. The van der Waals surface area contributed by atoms with Gasteiger partial charge in [0.25, 0.3) is 5.91 Å². The highest BCUT2D eigenvalue weighted by Gasteiger charge is 2.14. The third kappa shape index (κ3) is 2.83. The molecule has 0 aliphatic carbocycles. The molecule has 1 amide bonds. The molecule has 112 valence electrons. The molecule has 2 heterocycles. The lowest BCUT2D eigenvalue weighted by Gasteiger charge is -2.11. The van der Waals surface area contributed by atoms with Crippen molar-refractivity contribution in [3.05, 3.63) is 64.5 Å². The van der Waals surface area contributed by atoms with Crippen molar-refractivity contribution < 1.29 is 9.21 Å². The predicted molar refractivity (Wildman–Crippen MR) is 79.2 cm³/mol. The fourth-order valence-corrected chi connectivity index (χ4v) is 2.07. The van der Waals surface area contributed by atoms with Gasteiger partial charge in [0, 0.05) is 11.1 Å². The van der Waals surface area contributed by atoms with E-state index in [1.807, 2.05) is 24.3 Å². The van der Waals surface area contributed by atoms with Crippen molar-refractivity contribution in [2.75, 3.05) is 0 Å². The summed E-state index contributed by atoms with van der Waals surface area (Å²) in [6.45, 7) is 1.74. The number of aromatic nitrogens is 3. The normalized spacial score (nSPS) is 12.0. The van der Waals surface area contributed by atoms with Gasteiger partial charge in [0.2, 0.25) is 0 Å². The number of aromatic amines is 2. The van der Waals surface area contributed by atoms with Gasteiger partial charge in [0.1, 0.15) is 5.76 Å². The Kier molecular flexibility index (Phi) is 3.61. The molecular weight excluding hydrogens is 284 g/mol. The molecule has 0 radical (unpaired) electrons. The number of nitrogens with one attached hydrogen (secondary N) is 3. The Morgan fingerprint density at radius 3 is 2.64 bits per heavy atom. The van der Waals surface area contributed by atoms with Gasteiger partial charge in [-0.05, 0) is 31.2 Å². The second-order valence-corrected chi connectivity index (χ2v) is 4.81. The molecule has 3 rings (SSSR count). The van der Waals surface area contributed by atoms with Gasteiger partial charge in [-0.3, -0.25) is 9.78 Å². The molecule has 22 heavy (non-hydrogen) atoms. The Morgan fingerprint density at radius 1 is 1.27 bits per heavy atom. The van der Waals surface area contributed by atoms with Crippen molar-refractivity contribution in [2.45, 2.75) is 13.0 Å². The molecule has 1 atom stereocenters. The minimum atomic E-state index is -0.406. The van der Waals surface area contributed by atoms with Crippen molar-refractivity contribution in [1.82, 2.24) is 20.5 Å². The molecule has 2 aromatic heterocycles. The third-order valence-electron chi connectivity index (χ3n) is 3.23. The Labute approximate surface area is 125 Å². The summed E-state index contributed by atoms with van der Waals surface area (Å²) < 4.78 is 5.30. The van der Waals surface area contributed by atoms with E-state index in [1.165, 1.54) is 0 Å². The lowest BCUT2D eigenvalue weighted by Crippen LogP contribution is -2.27. The number of benzene rings is 1. The molecule has 7 nitrogen and oxygen atoms in total. The zero-order valence-electron chi connectivity index (χ0n) is 11.8. The van der Waals surface area contributed by atoms with Gasteiger partial charge in [0.15, 0.2) is 5.82 Å². The Morgan fingerprint density at radius 2 is 2.05 bits per heavy atom. The van der Waals surface area contributed by atoms with Crippen LogP contribution < -0.4 is 11.0 Å². The Hall–Kier alpha value is -3.09. The Bertz CT molecular complexity index is 815. The minimum Gasteiger partial charge on any atom is -0.464 e. The molecule has 0 fully saturated rings. The summed E-state index contributed by atoms with van der Waals surface area (Å²) in [5, 5.41) is 8.82. The summed E-state index contributed by atoms with van der Waals surface area (Å²) in [6, 6.07) is 10.3. The Balaban J connectivity index is 1.71. The second kappa shape index (κ2) is 5.72. The number of rotatable bonds is 4. The van der Waals surface area contributed by atoms with E-state index in [0.717, 1.165) is 11.3 Å². The highest BCUT2D eigenvalue weighted by atomic mass is 16.3. The highest BCUT2D eigenvalue weighted by molar-refractivity contribution is 5.94. The molecule has 7 heteroatoms. The molecular formula is C15H14N4O3. The lowest BCUT2D eigenvalue weighted by atomic mass is 10.1. The molecule has 0 saturated carbocycles. The molecule has 0 bridgehead atoms. The van der Waals surface area contributed by atoms with Crippen molar-refractivity contribution in [1.29, 1.82) is 0 Å². The van der Waals surface area contributed by atoms with Gasteiger partial charge in [-0.1, -0.05) is 12.1 Å². The first-order chi connectivity index (χ1) is 10.6. The maximum atomic E-state index is 12.2. The summed E-state index contributed by atoms with van der Waals surface area (Å²) in [7, 11) is 0. The van der Waals surface area contributed by atoms with Crippen LogP contribution in [0.4, 0.5) is 0 Å². The molecule has 0 aliphatic heterocycles. The smallest absolute Gasteiger partial charge is 0.340 e. The number of furan rings is 1. The van der Waals surface area contributed by atoms with E-state index < -0.39 is 11.7 Å². The molecule has 0 saturated heterocycles. The van der Waals surface area contributed by atoms with Crippen LogP contribution in [0.5, 0.6) is 0 Å². The molecule has 0 aliphatic rings. The monoisotopic (exact) mass is 298 g/mol. The van der Waals surface area contributed by atoms with E-state index in [2.05, 4.69) is 20.5 Å². The first kappa shape index (κ1) is 13.9. The van der Waals surface area contributed by atoms with Crippen LogP contribution in [0.15, 0.2) is 51.9 Å². The topological polar surface area (TPSA) is 104 Å². The van der Waals surface area contributed by atoms with Gasteiger partial charge in [0.05, 0.1) is 12.3 Å². The fraction of sp³-hybridized carbons (Fsp3) is 0.133. The van der Waals surface area contributed by atoms with Crippen LogP contribution in [0.1, 0.15) is 29.1 Å². The molecule has 1 aromatic carbocycles. The van der Waals surface area contributed by atoms with Crippen LogP contribution in [-0.4, -0.2) is 21.1 Å². The first-order valence-corrected chi connectivity index (χ1v) is 6.73. The van der Waals surface area contributed by atoms with E-state index in [4.69, 9.17) is 4.42 Å². The summed E-state index contributed by atoms with van der Waals surface area (Å²) >= 11 is 0. The van der Waals surface area contributed by atoms with Crippen molar-refractivity contribution in [3.63, 3.8) is 0 Å². The van der Waals surface area contributed by atoms with E-state index >= 15 is 0 Å². The van der Waals surface area contributed by atoms with Gasteiger partial charge in [-0.25, -0.2) is 9.89 Å².